The fraction of sp³-hybridized carbons (Fsp3) is 0.545. The van der Waals surface area contributed by atoms with Crippen molar-refractivity contribution in [2.24, 2.45) is 0 Å². The van der Waals surface area contributed by atoms with E-state index in [9.17, 15) is 22.8 Å². The molecule has 0 aliphatic carbocycles. The fourth-order valence-corrected chi connectivity index (χ4v) is 5.74. The van der Waals surface area contributed by atoms with Crippen molar-refractivity contribution in [3.63, 3.8) is 0 Å². The summed E-state index contributed by atoms with van der Waals surface area (Å²) in [6.07, 6.45) is 2.40. The van der Waals surface area contributed by atoms with Gasteiger partial charge in [-0.2, -0.15) is 0 Å². The minimum atomic E-state index is -3.18. The molecular formula is C22H29N3O6S. The van der Waals surface area contributed by atoms with Crippen molar-refractivity contribution in [3.8, 4) is 0 Å². The molecule has 2 aromatic rings. The van der Waals surface area contributed by atoms with Crippen LogP contribution in [0.25, 0.3) is 11.0 Å². The van der Waals surface area contributed by atoms with Gasteiger partial charge in [0, 0.05) is 30.5 Å². The smallest absolute Gasteiger partial charge is 0.344 e. The van der Waals surface area contributed by atoms with Crippen molar-refractivity contribution < 1.29 is 22.7 Å². The molecule has 32 heavy (non-hydrogen) atoms. The van der Waals surface area contributed by atoms with Gasteiger partial charge in [-0.1, -0.05) is 6.92 Å². The largest absolute Gasteiger partial charge is 0.452 e. The second-order valence-corrected chi connectivity index (χ2v) is 10.4. The van der Waals surface area contributed by atoms with E-state index in [0.29, 0.717) is 30.4 Å². The van der Waals surface area contributed by atoms with Crippen LogP contribution >= 0.6 is 0 Å². The van der Waals surface area contributed by atoms with Crippen LogP contribution in [0, 0.1) is 6.92 Å². The van der Waals surface area contributed by atoms with Crippen LogP contribution < -0.4 is 5.43 Å². The standard InChI is InChI=1S/C22H29N3O6S/c1-5-15(4)25(16-9-10-32(29,30)13-16)19(26)12-31-22(28)18-11-24(6-2)21-17(20(18)27)8-7-14(3)23-21/h7-8,11,15-16H,5-6,9-10,12-13H2,1-4H3/t15-,16-/m1/s1. The van der Waals surface area contributed by atoms with E-state index in [2.05, 4.69) is 4.98 Å². The van der Waals surface area contributed by atoms with E-state index in [0.717, 1.165) is 5.69 Å². The molecule has 0 N–H and O–H groups in total. The Kier molecular flexibility index (Phi) is 7.02. The summed E-state index contributed by atoms with van der Waals surface area (Å²) in [6, 6.07) is 2.68. The van der Waals surface area contributed by atoms with Gasteiger partial charge >= 0.3 is 5.97 Å². The van der Waals surface area contributed by atoms with Crippen LogP contribution in [-0.2, 0) is 25.9 Å². The Bertz CT molecular complexity index is 1200. The molecule has 0 spiro atoms. The van der Waals surface area contributed by atoms with Crippen LogP contribution in [0.5, 0.6) is 0 Å². The van der Waals surface area contributed by atoms with Crippen molar-refractivity contribution in [2.45, 2.75) is 59.2 Å². The fourth-order valence-electron chi connectivity index (χ4n) is 4.03. The quantitative estimate of drug-likeness (QED) is 0.574. The average molecular weight is 464 g/mol. The first-order chi connectivity index (χ1) is 15.1. The third kappa shape index (κ3) is 4.85. The highest BCUT2D eigenvalue weighted by atomic mass is 32.2. The van der Waals surface area contributed by atoms with Gasteiger partial charge in [-0.3, -0.25) is 9.59 Å². The van der Waals surface area contributed by atoms with Crippen molar-refractivity contribution >= 4 is 32.7 Å². The summed E-state index contributed by atoms with van der Waals surface area (Å²) >= 11 is 0. The van der Waals surface area contributed by atoms with E-state index in [1.807, 2.05) is 27.7 Å². The van der Waals surface area contributed by atoms with Crippen LogP contribution in [0.1, 0.15) is 49.7 Å². The molecule has 1 fully saturated rings. The highest BCUT2D eigenvalue weighted by molar-refractivity contribution is 7.91. The predicted octanol–water partition coefficient (Wildman–Crippen LogP) is 1.70. The van der Waals surface area contributed by atoms with Crippen LogP contribution in [0.15, 0.2) is 23.1 Å². The molecule has 1 saturated heterocycles. The molecule has 0 aromatic carbocycles. The van der Waals surface area contributed by atoms with Crippen LogP contribution in [-0.4, -0.2) is 64.9 Å². The predicted molar refractivity (Wildman–Crippen MR) is 120 cm³/mol. The molecule has 0 bridgehead atoms. The molecule has 0 unspecified atom stereocenters. The zero-order valence-electron chi connectivity index (χ0n) is 18.8. The third-order valence-electron chi connectivity index (χ3n) is 5.90. The van der Waals surface area contributed by atoms with E-state index in [4.69, 9.17) is 4.74 Å². The van der Waals surface area contributed by atoms with E-state index < -0.39 is 39.8 Å². The number of nitrogens with zero attached hydrogens (tertiary/aromatic N) is 3. The van der Waals surface area contributed by atoms with Gasteiger partial charge in [0.1, 0.15) is 11.2 Å². The van der Waals surface area contributed by atoms with Gasteiger partial charge in [0.2, 0.25) is 5.43 Å². The minimum Gasteiger partial charge on any atom is -0.452 e. The maximum absolute atomic E-state index is 12.9. The number of fused-ring (bicyclic) bond motifs is 1. The molecule has 10 heteroatoms. The number of esters is 1. The first-order valence-corrected chi connectivity index (χ1v) is 12.6. The molecule has 1 aliphatic rings. The highest BCUT2D eigenvalue weighted by Gasteiger charge is 2.36. The number of aromatic nitrogens is 2. The monoisotopic (exact) mass is 463 g/mol. The molecule has 1 amide bonds. The Morgan fingerprint density at radius 1 is 1.31 bits per heavy atom. The number of rotatable bonds is 7. The minimum absolute atomic E-state index is 0.0405. The number of hydrogen-bond donors (Lipinski definition) is 0. The van der Waals surface area contributed by atoms with Crippen molar-refractivity contribution in [2.75, 3.05) is 18.1 Å². The topological polar surface area (TPSA) is 116 Å². The lowest BCUT2D eigenvalue weighted by molar-refractivity contribution is -0.138. The maximum atomic E-state index is 12.9. The molecule has 1 aliphatic heterocycles. The first kappa shape index (κ1) is 23.9. The Balaban J connectivity index is 1.82. The summed E-state index contributed by atoms with van der Waals surface area (Å²) < 4.78 is 30.7. The van der Waals surface area contributed by atoms with Crippen LogP contribution in [0.2, 0.25) is 0 Å². The number of carbonyl (C=O) groups is 2. The summed E-state index contributed by atoms with van der Waals surface area (Å²) in [6.45, 7) is 7.35. The lowest BCUT2D eigenvalue weighted by atomic mass is 10.1. The number of carbonyl (C=O) groups excluding carboxylic acids is 2. The lowest BCUT2D eigenvalue weighted by Crippen LogP contribution is -2.48. The van der Waals surface area contributed by atoms with E-state index in [1.165, 1.54) is 11.1 Å². The third-order valence-corrected chi connectivity index (χ3v) is 7.65. The van der Waals surface area contributed by atoms with E-state index in [1.54, 1.807) is 16.7 Å². The SMILES string of the molecule is CC[C@@H](C)N(C(=O)COC(=O)c1cn(CC)c2nc(C)ccc2c1=O)[C@@H]1CCS(=O)(=O)C1. The number of pyridine rings is 2. The van der Waals surface area contributed by atoms with Gasteiger partial charge in [-0.25, -0.2) is 18.2 Å². The van der Waals surface area contributed by atoms with Gasteiger partial charge in [-0.15, -0.1) is 0 Å². The molecule has 3 heterocycles. The molecule has 0 radical (unpaired) electrons. The second kappa shape index (κ2) is 9.40. The number of ether oxygens (including phenoxy) is 1. The molecule has 3 rings (SSSR count). The van der Waals surface area contributed by atoms with Gasteiger partial charge < -0.3 is 14.2 Å². The normalized spacial score (nSPS) is 18.4. The molecule has 2 atom stereocenters. The number of aryl methyl sites for hydroxylation is 2. The Morgan fingerprint density at radius 3 is 2.62 bits per heavy atom. The molecule has 9 nitrogen and oxygen atoms in total. The van der Waals surface area contributed by atoms with Gasteiger partial charge in [0.25, 0.3) is 5.91 Å². The highest BCUT2D eigenvalue weighted by Crippen LogP contribution is 2.21. The zero-order chi connectivity index (χ0) is 23.6. The Labute approximate surface area is 187 Å². The van der Waals surface area contributed by atoms with Crippen LogP contribution in [0.3, 0.4) is 0 Å². The maximum Gasteiger partial charge on any atom is 0.344 e. The first-order valence-electron chi connectivity index (χ1n) is 10.8. The van der Waals surface area contributed by atoms with Gasteiger partial charge in [0.15, 0.2) is 16.4 Å². The van der Waals surface area contributed by atoms with Crippen LogP contribution in [0.4, 0.5) is 0 Å². The molecule has 2 aromatic heterocycles. The molecular weight excluding hydrogens is 434 g/mol. The lowest BCUT2D eigenvalue weighted by Gasteiger charge is -2.33. The Morgan fingerprint density at radius 2 is 2.03 bits per heavy atom. The van der Waals surface area contributed by atoms with Crippen molar-refractivity contribution in [1.82, 2.24) is 14.5 Å². The summed E-state index contributed by atoms with van der Waals surface area (Å²) in [5.74, 6) is -1.41. The van der Waals surface area contributed by atoms with Gasteiger partial charge in [-0.05, 0) is 45.7 Å². The molecule has 0 saturated carbocycles. The van der Waals surface area contributed by atoms with Crippen molar-refractivity contribution in [1.29, 1.82) is 0 Å². The van der Waals surface area contributed by atoms with Gasteiger partial charge in [0.05, 0.1) is 16.9 Å². The number of amides is 1. The van der Waals surface area contributed by atoms with Crippen molar-refractivity contribution in [3.05, 3.63) is 39.8 Å². The Hall–Kier alpha value is -2.75. The number of sulfone groups is 1. The summed E-state index contributed by atoms with van der Waals surface area (Å²) in [5.41, 5.74) is 0.557. The zero-order valence-corrected chi connectivity index (χ0v) is 19.6. The summed E-state index contributed by atoms with van der Waals surface area (Å²) in [5, 5.41) is 0.302. The summed E-state index contributed by atoms with van der Waals surface area (Å²) in [7, 11) is -3.18. The average Bonchev–Trinajstić information content (AvgIpc) is 3.11. The molecule has 174 valence electrons. The van der Waals surface area contributed by atoms with E-state index in [-0.39, 0.29) is 23.1 Å². The second-order valence-electron chi connectivity index (χ2n) is 8.17. The summed E-state index contributed by atoms with van der Waals surface area (Å²) in [4.78, 5) is 44.4. The van der Waals surface area contributed by atoms with E-state index >= 15 is 0 Å². The number of hydrogen-bond acceptors (Lipinski definition) is 7.